The van der Waals surface area contributed by atoms with Crippen molar-refractivity contribution in [1.82, 2.24) is 10.3 Å². The summed E-state index contributed by atoms with van der Waals surface area (Å²) < 4.78 is 27.7. The molecule has 1 aromatic heterocycles. The molecular formula is C14H18N2O6S. The number of hydrogen-bond donors (Lipinski definition) is 2. The molecule has 0 radical (unpaired) electrons. The number of aromatic nitrogens is 1. The Balaban J connectivity index is 1.90. The summed E-state index contributed by atoms with van der Waals surface area (Å²) in [5.41, 5.74) is 0.406. The van der Waals surface area contributed by atoms with E-state index in [1.54, 1.807) is 0 Å². The summed E-state index contributed by atoms with van der Waals surface area (Å²) in [7, 11) is -3.10. The minimum atomic E-state index is -3.10. The molecule has 0 aliphatic carbocycles. The topological polar surface area (TPSA) is 122 Å². The lowest BCUT2D eigenvalue weighted by Gasteiger charge is -2.16. The van der Waals surface area contributed by atoms with Crippen LogP contribution in [0.5, 0.6) is 0 Å². The fourth-order valence-electron chi connectivity index (χ4n) is 2.22. The van der Waals surface area contributed by atoms with E-state index in [1.807, 2.05) is 0 Å². The number of aromatic amines is 1. The first-order chi connectivity index (χ1) is 10.7. The van der Waals surface area contributed by atoms with Crippen LogP contribution in [0.2, 0.25) is 0 Å². The number of hydrogen-bond acceptors (Lipinski definition) is 6. The average molecular weight is 342 g/mol. The van der Waals surface area contributed by atoms with Crippen molar-refractivity contribution in [3.63, 3.8) is 0 Å². The van der Waals surface area contributed by atoms with Crippen LogP contribution in [-0.4, -0.2) is 54.7 Å². The van der Waals surface area contributed by atoms with Crippen molar-refractivity contribution in [3.8, 4) is 0 Å². The van der Waals surface area contributed by atoms with Gasteiger partial charge in [0, 0.05) is 17.8 Å². The Morgan fingerprint density at radius 1 is 1.39 bits per heavy atom. The van der Waals surface area contributed by atoms with Crippen molar-refractivity contribution in [2.45, 2.75) is 32.4 Å². The van der Waals surface area contributed by atoms with E-state index < -0.39 is 33.9 Å². The van der Waals surface area contributed by atoms with Crippen molar-refractivity contribution in [1.29, 1.82) is 0 Å². The maximum absolute atomic E-state index is 11.9. The van der Waals surface area contributed by atoms with Crippen LogP contribution in [0, 0.1) is 0 Å². The number of Topliss-reactive ketones (excluding diaryl/α,β-unsaturated/α-hetero) is 1. The molecule has 126 valence electrons. The Kier molecular flexibility index (Phi) is 4.88. The minimum absolute atomic E-state index is 0.0441. The van der Waals surface area contributed by atoms with E-state index in [2.05, 4.69) is 10.3 Å². The minimum Gasteiger partial charge on any atom is -0.448 e. The molecule has 2 rings (SSSR count). The first kappa shape index (κ1) is 17.2. The fraction of sp³-hybridized carbons (Fsp3) is 0.500. The summed E-state index contributed by atoms with van der Waals surface area (Å²) in [6.45, 7) is 2.76. The van der Waals surface area contributed by atoms with Crippen LogP contribution >= 0.6 is 0 Å². The van der Waals surface area contributed by atoms with Crippen LogP contribution in [0.4, 0.5) is 0 Å². The normalized spacial score (nSPS) is 20.7. The van der Waals surface area contributed by atoms with Crippen molar-refractivity contribution in [2.75, 3.05) is 11.5 Å². The molecule has 2 atom stereocenters. The Morgan fingerprint density at radius 2 is 2.09 bits per heavy atom. The second kappa shape index (κ2) is 6.53. The largest absolute Gasteiger partial charge is 0.448 e. The number of ether oxygens (including phenoxy) is 1. The first-order valence-electron chi connectivity index (χ1n) is 7.09. The van der Waals surface area contributed by atoms with Gasteiger partial charge in [0.2, 0.25) is 0 Å². The van der Waals surface area contributed by atoms with Gasteiger partial charge in [0.05, 0.1) is 11.5 Å². The Morgan fingerprint density at radius 3 is 2.61 bits per heavy atom. The van der Waals surface area contributed by atoms with Gasteiger partial charge < -0.3 is 15.0 Å². The zero-order valence-corrected chi connectivity index (χ0v) is 13.6. The van der Waals surface area contributed by atoms with Crippen molar-refractivity contribution in [2.24, 2.45) is 0 Å². The molecule has 9 heteroatoms. The number of ketones is 1. The third-order valence-electron chi connectivity index (χ3n) is 3.54. The second-order valence-electron chi connectivity index (χ2n) is 5.51. The fourth-order valence-corrected chi connectivity index (χ4v) is 3.89. The molecule has 0 saturated carbocycles. The van der Waals surface area contributed by atoms with Crippen LogP contribution in [0.1, 0.15) is 41.1 Å². The molecule has 1 aromatic rings. The molecule has 1 aliphatic rings. The van der Waals surface area contributed by atoms with E-state index in [-0.39, 0.29) is 23.0 Å². The predicted octanol–water partition coefficient (Wildman–Crippen LogP) is 0.0659. The lowest BCUT2D eigenvalue weighted by Crippen LogP contribution is -2.42. The zero-order chi connectivity index (χ0) is 17.2. The zero-order valence-electron chi connectivity index (χ0n) is 12.8. The maximum Gasteiger partial charge on any atom is 0.355 e. The molecule has 8 nitrogen and oxygen atoms in total. The molecule has 2 N–H and O–H groups in total. The van der Waals surface area contributed by atoms with E-state index in [9.17, 15) is 22.8 Å². The second-order valence-corrected chi connectivity index (χ2v) is 7.74. The third kappa shape index (κ3) is 4.41. The molecule has 1 fully saturated rings. The predicted molar refractivity (Wildman–Crippen MR) is 80.9 cm³/mol. The third-order valence-corrected chi connectivity index (χ3v) is 5.31. The van der Waals surface area contributed by atoms with Crippen molar-refractivity contribution >= 4 is 27.5 Å². The standard InChI is InChI=1S/C14H18N2O6S/c1-8(17)10-5-12(15-6-10)14(19)22-9(2)13(18)16-11-3-4-23(20,21)7-11/h5-6,9,11,15H,3-4,7H2,1-2H3,(H,16,18)/t9-,11-/m1/s1. The van der Waals surface area contributed by atoms with Gasteiger partial charge in [0.25, 0.3) is 5.91 Å². The van der Waals surface area contributed by atoms with Gasteiger partial charge >= 0.3 is 5.97 Å². The van der Waals surface area contributed by atoms with Crippen molar-refractivity contribution < 1.29 is 27.5 Å². The van der Waals surface area contributed by atoms with E-state index >= 15 is 0 Å². The average Bonchev–Trinajstić information content (AvgIpc) is 3.05. The molecule has 0 unspecified atom stereocenters. The van der Waals surface area contributed by atoms with Gasteiger partial charge in [0.15, 0.2) is 21.7 Å². The van der Waals surface area contributed by atoms with Crippen molar-refractivity contribution in [3.05, 3.63) is 23.5 Å². The summed E-state index contributed by atoms with van der Waals surface area (Å²) in [6, 6.07) is 0.891. The number of amides is 1. The van der Waals surface area contributed by atoms with Crippen LogP contribution < -0.4 is 5.32 Å². The SMILES string of the molecule is CC(=O)c1c[nH]c(C(=O)O[C@H](C)C(=O)N[C@@H]2CCS(=O)(=O)C2)c1. The Labute approximate surface area is 133 Å². The van der Waals surface area contributed by atoms with Gasteiger partial charge in [-0.25, -0.2) is 13.2 Å². The lowest BCUT2D eigenvalue weighted by atomic mass is 10.2. The highest BCUT2D eigenvalue weighted by atomic mass is 32.2. The summed E-state index contributed by atoms with van der Waals surface area (Å²) >= 11 is 0. The summed E-state index contributed by atoms with van der Waals surface area (Å²) in [5, 5.41) is 2.55. The number of carbonyl (C=O) groups excluding carboxylic acids is 3. The molecule has 0 bridgehead atoms. The summed E-state index contributed by atoms with van der Waals surface area (Å²) in [6.07, 6.45) is 0.662. The van der Waals surface area contributed by atoms with E-state index in [0.29, 0.717) is 12.0 Å². The molecule has 1 saturated heterocycles. The van der Waals surface area contributed by atoms with Crippen LogP contribution in [0.25, 0.3) is 0 Å². The van der Waals surface area contributed by atoms with Gasteiger partial charge in [0.1, 0.15) is 5.69 Å². The molecule has 1 amide bonds. The highest BCUT2D eigenvalue weighted by Crippen LogP contribution is 2.12. The summed E-state index contributed by atoms with van der Waals surface area (Å²) in [5.74, 6) is -1.58. The van der Waals surface area contributed by atoms with Crippen LogP contribution in [0.15, 0.2) is 12.3 Å². The van der Waals surface area contributed by atoms with Gasteiger partial charge in [-0.15, -0.1) is 0 Å². The van der Waals surface area contributed by atoms with Gasteiger partial charge in [-0.1, -0.05) is 0 Å². The van der Waals surface area contributed by atoms with E-state index in [1.165, 1.54) is 26.1 Å². The van der Waals surface area contributed by atoms with Crippen LogP contribution in [-0.2, 0) is 19.4 Å². The molecule has 23 heavy (non-hydrogen) atoms. The monoisotopic (exact) mass is 342 g/mol. The van der Waals surface area contributed by atoms with Gasteiger partial charge in [-0.2, -0.15) is 0 Å². The lowest BCUT2D eigenvalue weighted by molar-refractivity contribution is -0.129. The molecule has 0 spiro atoms. The Bertz CT molecular complexity index is 736. The maximum atomic E-state index is 11.9. The number of carbonyl (C=O) groups is 3. The molecular weight excluding hydrogens is 324 g/mol. The Hall–Kier alpha value is -2.16. The quantitative estimate of drug-likeness (QED) is 0.576. The number of nitrogens with one attached hydrogen (secondary N) is 2. The molecule has 1 aliphatic heterocycles. The molecule has 0 aromatic carbocycles. The first-order valence-corrected chi connectivity index (χ1v) is 8.91. The van der Waals surface area contributed by atoms with Gasteiger partial charge in [-0.3, -0.25) is 9.59 Å². The van der Waals surface area contributed by atoms with Crippen LogP contribution in [0.3, 0.4) is 0 Å². The van der Waals surface area contributed by atoms with Gasteiger partial charge in [-0.05, 0) is 26.3 Å². The van der Waals surface area contributed by atoms with E-state index in [4.69, 9.17) is 4.74 Å². The smallest absolute Gasteiger partial charge is 0.355 e. The number of rotatable bonds is 5. The number of H-pyrrole nitrogens is 1. The molecule has 2 heterocycles. The highest BCUT2D eigenvalue weighted by Gasteiger charge is 2.30. The van der Waals surface area contributed by atoms with E-state index in [0.717, 1.165) is 0 Å². The number of esters is 1. The number of sulfone groups is 1. The summed E-state index contributed by atoms with van der Waals surface area (Å²) in [4.78, 5) is 37.6. The highest BCUT2D eigenvalue weighted by molar-refractivity contribution is 7.91.